The second-order valence-electron chi connectivity index (χ2n) is 9.07. The molecule has 0 bridgehead atoms. The zero-order valence-electron chi connectivity index (χ0n) is 20.1. The van der Waals surface area contributed by atoms with Crippen LogP contribution in [0.5, 0.6) is 0 Å². The van der Waals surface area contributed by atoms with Gasteiger partial charge < -0.3 is 15.4 Å². The summed E-state index contributed by atoms with van der Waals surface area (Å²) in [7, 11) is -3.66. The maximum absolute atomic E-state index is 13.2. The number of aryl methyl sites for hydroxylation is 1. The summed E-state index contributed by atoms with van der Waals surface area (Å²) in [6.45, 7) is 2.95. The van der Waals surface area contributed by atoms with Crippen molar-refractivity contribution < 1.29 is 31.1 Å². The van der Waals surface area contributed by atoms with Gasteiger partial charge in [0.1, 0.15) is 0 Å². The van der Waals surface area contributed by atoms with E-state index >= 15 is 0 Å². The van der Waals surface area contributed by atoms with Crippen molar-refractivity contribution in [1.82, 2.24) is 0 Å². The molecule has 3 aromatic rings. The van der Waals surface area contributed by atoms with Crippen molar-refractivity contribution >= 4 is 27.2 Å². The summed E-state index contributed by atoms with van der Waals surface area (Å²) in [5.41, 5.74) is 1.58. The molecule has 0 unspecified atom stereocenters. The van der Waals surface area contributed by atoms with E-state index in [1.165, 1.54) is 24.3 Å². The van der Waals surface area contributed by atoms with Crippen LogP contribution >= 0.6 is 0 Å². The average molecular weight is 533 g/mol. The molecular weight excluding hydrogens is 505 g/mol. The highest BCUT2D eigenvalue weighted by molar-refractivity contribution is 7.91. The number of anilines is 2. The monoisotopic (exact) mass is 532 g/mol. The van der Waals surface area contributed by atoms with E-state index < -0.39 is 27.6 Å². The van der Waals surface area contributed by atoms with Crippen LogP contribution in [0.1, 0.15) is 24.0 Å². The van der Waals surface area contributed by atoms with Crippen LogP contribution in [0.3, 0.4) is 0 Å². The van der Waals surface area contributed by atoms with Gasteiger partial charge in [0.2, 0.25) is 0 Å². The lowest BCUT2D eigenvalue weighted by Crippen LogP contribution is -2.24. The van der Waals surface area contributed by atoms with E-state index in [-0.39, 0.29) is 27.9 Å². The van der Waals surface area contributed by atoms with E-state index in [1.807, 2.05) is 31.2 Å². The van der Waals surface area contributed by atoms with Crippen LogP contribution in [-0.4, -0.2) is 33.4 Å². The molecule has 1 aliphatic heterocycles. The molecule has 1 heterocycles. The number of benzene rings is 3. The number of amides is 2. The number of carbonyl (C=O) groups is 1. The summed E-state index contributed by atoms with van der Waals surface area (Å²) in [5, 5.41) is 5.04. The number of rotatable bonds is 6. The molecule has 1 fully saturated rings. The third-order valence-corrected chi connectivity index (χ3v) is 8.05. The SMILES string of the molecule is Cc1cccc(-c2ccc(S(=O)(=O)CC3CCOCC3)cc2NC(=O)Nc2cccc(C(F)(F)F)c2)c1. The third-order valence-electron chi connectivity index (χ3n) is 6.17. The molecule has 0 radical (unpaired) electrons. The van der Waals surface area contributed by atoms with Crippen molar-refractivity contribution in [1.29, 1.82) is 0 Å². The average Bonchev–Trinajstić information content (AvgIpc) is 2.84. The fraction of sp³-hybridized carbons (Fsp3) is 0.296. The molecule has 3 aromatic carbocycles. The van der Waals surface area contributed by atoms with E-state index in [0.717, 1.165) is 23.3 Å². The summed E-state index contributed by atoms with van der Waals surface area (Å²) in [6, 6.07) is 15.5. The van der Waals surface area contributed by atoms with Crippen molar-refractivity contribution in [3.05, 3.63) is 77.9 Å². The summed E-state index contributed by atoms with van der Waals surface area (Å²) in [5.74, 6) is -0.0495. The summed E-state index contributed by atoms with van der Waals surface area (Å²) < 4.78 is 70.9. The standard InChI is InChI=1S/C27H27F3N2O4S/c1-18-4-2-5-20(14-18)24-9-8-23(37(34,35)17-19-10-12-36-13-11-19)16-25(24)32-26(33)31-22-7-3-6-21(15-22)27(28,29)30/h2-9,14-16,19H,10-13,17H2,1H3,(H2,31,32,33). The molecule has 0 spiro atoms. The lowest BCUT2D eigenvalue weighted by molar-refractivity contribution is -0.137. The van der Waals surface area contributed by atoms with Gasteiger partial charge in [-0.25, -0.2) is 13.2 Å². The Bertz CT molecular complexity index is 1380. The molecule has 4 rings (SSSR count). The second-order valence-corrected chi connectivity index (χ2v) is 11.1. The summed E-state index contributed by atoms with van der Waals surface area (Å²) in [6.07, 6.45) is -3.24. The van der Waals surface area contributed by atoms with Gasteiger partial charge >= 0.3 is 12.2 Å². The van der Waals surface area contributed by atoms with Crippen LogP contribution in [-0.2, 0) is 20.8 Å². The van der Waals surface area contributed by atoms with E-state index in [0.29, 0.717) is 31.6 Å². The lowest BCUT2D eigenvalue weighted by atomic mass is 10.0. The third kappa shape index (κ3) is 6.90. The van der Waals surface area contributed by atoms with Gasteiger partial charge in [-0.3, -0.25) is 0 Å². The maximum atomic E-state index is 13.2. The molecular formula is C27H27F3N2O4S. The smallest absolute Gasteiger partial charge is 0.381 e. The highest BCUT2D eigenvalue weighted by Gasteiger charge is 2.30. The van der Waals surface area contributed by atoms with Crippen molar-refractivity contribution in [2.75, 3.05) is 29.6 Å². The topological polar surface area (TPSA) is 84.5 Å². The lowest BCUT2D eigenvalue weighted by Gasteiger charge is -2.22. The Morgan fingerprint density at radius 3 is 2.41 bits per heavy atom. The van der Waals surface area contributed by atoms with Crippen molar-refractivity contribution in [2.45, 2.75) is 30.8 Å². The van der Waals surface area contributed by atoms with E-state index in [4.69, 9.17) is 4.74 Å². The Hall–Kier alpha value is -3.37. The van der Waals surface area contributed by atoms with Gasteiger partial charge in [0, 0.05) is 24.5 Å². The molecule has 10 heteroatoms. The molecule has 37 heavy (non-hydrogen) atoms. The van der Waals surface area contributed by atoms with Gasteiger partial charge in [0.15, 0.2) is 9.84 Å². The highest BCUT2D eigenvalue weighted by atomic mass is 32.2. The summed E-state index contributed by atoms with van der Waals surface area (Å²) in [4.78, 5) is 12.9. The van der Waals surface area contributed by atoms with Gasteiger partial charge in [0.25, 0.3) is 0 Å². The van der Waals surface area contributed by atoms with Crippen LogP contribution in [0.4, 0.5) is 29.3 Å². The van der Waals surface area contributed by atoms with Crippen LogP contribution in [0.2, 0.25) is 0 Å². The number of sulfone groups is 1. The fourth-order valence-electron chi connectivity index (χ4n) is 4.26. The Morgan fingerprint density at radius 2 is 1.70 bits per heavy atom. The van der Waals surface area contributed by atoms with E-state index in [2.05, 4.69) is 10.6 Å². The quantitative estimate of drug-likeness (QED) is 0.378. The van der Waals surface area contributed by atoms with Crippen LogP contribution in [0.25, 0.3) is 11.1 Å². The zero-order valence-corrected chi connectivity index (χ0v) is 21.0. The first-order chi connectivity index (χ1) is 17.5. The molecule has 0 atom stereocenters. The number of ether oxygens (including phenoxy) is 1. The van der Waals surface area contributed by atoms with Gasteiger partial charge in [-0.05, 0) is 61.6 Å². The van der Waals surface area contributed by atoms with E-state index in [1.54, 1.807) is 6.07 Å². The number of hydrogen-bond acceptors (Lipinski definition) is 4. The predicted octanol–water partition coefficient (Wildman–Crippen LogP) is 6.53. The molecule has 1 saturated heterocycles. The first-order valence-electron chi connectivity index (χ1n) is 11.8. The van der Waals surface area contributed by atoms with Crippen LogP contribution in [0, 0.1) is 12.8 Å². The first kappa shape index (κ1) is 26.7. The highest BCUT2D eigenvalue weighted by Crippen LogP contribution is 2.33. The molecule has 6 nitrogen and oxygen atoms in total. The maximum Gasteiger partial charge on any atom is 0.416 e. The summed E-state index contributed by atoms with van der Waals surface area (Å²) >= 11 is 0. The van der Waals surface area contributed by atoms with Crippen LogP contribution in [0.15, 0.2) is 71.6 Å². The number of hydrogen-bond donors (Lipinski definition) is 2. The number of alkyl halides is 3. The minimum Gasteiger partial charge on any atom is -0.381 e. The minimum atomic E-state index is -4.56. The normalized spacial score (nSPS) is 14.8. The van der Waals surface area contributed by atoms with Gasteiger partial charge in [-0.15, -0.1) is 0 Å². The first-order valence-corrected chi connectivity index (χ1v) is 13.4. The Kier molecular flexibility index (Phi) is 7.89. The molecule has 0 saturated carbocycles. The molecule has 0 aliphatic carbocycles. The molecule has 196 valence electrons. The largest absolute Gasteiger partial charge is 0.416 e. The van der Waals surface area contributed by atoms with Gasteiger partial charge in [-0.1, -0.05) is 42.0 Å². The molecule has 1 aliphatic rings. The van der Waals surface area contributed by atoms with Crippen molar-refractivity contribution in [2.24, 2.45) is 5.92 Å². The number of carbonyl (C=O) groups excluding carboxylic acids is 1. The predicted molar refractivity (Wildman–Crippen MR) is 136 cm³/mol. The fourth-order valence-corrected chi connectivity index (χ4v) is 5.98. The molecule has 2 amide bonds. The second kappa shape index (κ2) is 10.9. The van der Waals surface area contributed by atoms with Crippen LogP contribution < -0.4 is 10.6 Å². The Morgan fingerprint density at radius 1 is 0.973 bits per heavy atom. The van der Waals surface area contributed by atoms with Crippen molar-refractivity contribution in [3.63, 3.8) is 0 Å². The number of urea groups is 1. The molecule has 0 aromatic heterocycles. The minimum absolute atomic E-state index is 0.0178. The molecule has 2 N–H and O–H groups in total. The van der Waals surface area contributed by atoms with E-state index in [9.17, 15) is 26.4 Å². The van der Waals surface area contributed by atoms with Crippen molar-refractivity contribution in [3.8, 4) is 11.1 Å². The zero-order chi connectivity index (χ0) is 26.6. The number of nitrogens with one attached hydrogen (secondary N) is 2. The Balaban J connectivity index is 1.64. The number of halogens is 3. The Labute approximate surface area is 213 Å². The van der Waals surface area contributed by atoms with Gasteiger partial charge in [-0.2, -0.15) is 13.2 Å². The van der Waals surface area contributed by atoms with Gasteiger partial charge in [0.05, 0.1) is 21.9 Å².